The molecule has 0 spiro atoms. The van der Waals surface area contributed by atoms with Crippen LogP contribution in [0.5, 0.6) is 0 Å². The number of carbonyl (C=O) groups is 1. The van der Waals surface area contributed by atoms with Gasteiger partial charge < -0.3 is 4.74 Å². The van der Waals surface area contributed by atoms with E-state index in [4.69, 9.17) is 10.00 Å². The predicted molar refractivity (Wildman–Crippen MR) is 70.0 cm³/mol. The average molecular weight is 281 g/mol. The van der Waals surface area contributed by atoms with Gasteiger partial charge in [-0.2, -0.15) is 5.26 Å². The molecule has 0 saturated carbocycles. The minimum Gasteiger partial charge on any atom is -0.465 e. The molecule has 0 atom stereocenters. The highest BCUT2D eigenvalue weighted by Crippen LogP contribution is 2.02. The molecule has 0 aliphatic carbocycles. The second-order valence-electron chi connectivity index (χ2n) is 4.00. The number of esters is 1. The standard InChI is InChI=1S/C13H15NO4S/c14-8-10-19(16,17)11-13(15)18-9-4-7-12-5-2-1-3-6-12/h1-3,5-6H,4,7,9-11H2. The van der Waals surface area contributed by atoms with Crippen LogP contribution in [0.4, 0.5) is 0 Å². The maximum atomic E-state index is 11.2. The summed E-state index contributed by atoms with van der Waals surface area (Å²) in [6.07, 6.45) is 1.40. The summed E-state index contributed by atoms with van der Waals surface area (Å²) in [6.45, 7) is 0.176. The molecule has 5 nitrogen and oxygen atoms in total. The third-order valence-corrected chi connectivity index (χ3v) is 3.58. The van der Waals surface area contributed by atoms with Crippen LogP contribution in [0, 0.1) is 11.3 Å². The molecule has 0 heterocycles. The number of nitriles is 1. The van der Waals surface area contributed by atoms with Crippen LogP contribution < -0.4 is 0 Å². The zero-order valence-corrected chi connectivity index (χ0v) is 11.2. The second-order valence-corrected chi connectivity index (χ2v) is 6.06. The Kier molecular flexibility index (Phi) is 6.03. The summed E-state index contributed by atoms with van der Waals surface area (Å²) in [4.78, 5) is 11.2. The molecule has 0 amide bonds. The van der Waals surface area contributed by atoms with E-state index in [9.17, 15) is 13.2 Å². The Morgan fingerprint density at radius 1 is 1.26 bits per heavy atom. The van der Waals surface area contributed by atoms with E-state index in [1.54, 1.807) is 0 Å². The van der Waals surface area contributed by atoms with Crippen LogP contribution in [0.3, 0.4) is 0 Å². The molecule has 0 bridgehead atoms. The van der Waals surface area contributed by atoms with Gasteiger partial charge >= 0.3 is 5.97 Å². The lowest BCUT2D eigenvalue weighted by Crippen LogP contribution is -2.21. The number of benzene rings is 1. The van der Waals surface area contributed by atoms with E-state index in [0.717, 1.165) is 12.0 Å². The van der Waals surface area contributed by atoms with Gasteiger partial charge in [0.05, 0.1) is 12.7 Å². The molecule has 0 aliphatic rings. The molecule has 0 saturated heterocycles. The highest BCUT2D eigenvalue weighted by atomic mass is 32.2. The van der Waals surface area contributed by atoms with Crippen LogP contribution >= 0.6 is 0 Å². The predicted octanol–water partition coefficient (Wildman–Crippen LogP) is 1.10. The largest absolute Gasteiger partial charge is 0.465 e. The van der Waals surface area contributed by atoms with Gasteiger partial charge in [0.1, 0.15) is 11.5 Å². The smallest absolute Gasteiger partial charge is 0.321 e. The Bertz CT molecular complexity index is 546. The number of carbonyl (C=O) groups excluding carboxylic acids is 1. The van der Waals surface area contributed by atoms with E-state index in [1.807, 2.05) is 30.3 Å². The number of nitrogens with zero attached hydrogens (tertiary/aromatic N) is 1. The van der Waals surface area contributed by atoms with Crippen molar-refractivity contribution < 1.29 is 17.9 Å². The molecule has 0 N–H and O–H groups in total. The summed E-state index contributed by atoms with van der Waals surface area (Å²) in [5.41, 5.74) is 1.13. The molecule has 0 aliphatic heterocycles. The fraction of sp³-hybridized carbons (Fsp3) is 0.385. The van der Waals surface area contributed by atoms with E-state index in [2.05, 4.69) is 0 Å². The van der Waals surface area contributed by atoms with Gasteiger partial charge in [0.25, 0.3) is 0 Å². The summed E-state index contributed by atoms with van der Waals surface area (Å²) in [7, 11) is -3.66. The molecule has 0 unspecified atom stereocenters. The normalized spacial score (nSPS) is 10.7. The molecule has 102 valence electrons. The minimum absolute atomic E-state index is 0.176. The fourth-order valence-electron chi connectivity index (χ4n) is 1.48. The molecule has 1 aromatic rings. The van der Waals surface area contributed by atoms with Crippen LogP contribution in [0.25, 0.3) is 0 Å². The summed E-state index contributed by atoms with van der Waals surface area (Å²) < 4.78 is 27.2. The van der Waals surface area contributed by atoms with Gasteiger partial charge in [-0.15, -0.1) is 0 Å². The maximum absolute atomic E-state index is 11.2. The Morgan fingerprint density at radius 2 is 1.95 bits per heavy atom. The highest BCUT2D eigenvalue weighted by Gasteiger charge is 2.17. The first-order valence-corrected chi connectivity index (χ1v) is 7.62. The second kappa shape index (κ2) is 7.54. The molecule has 0 fully saturated rings. The average Bonchev–Trinajstić information content (AvgIpc) is 2.35. The number of aryl methyl sites for hydroxylation is 1. The Labute approximate surface area is 112 Å². The number of rotatable bonds is 7. The number of sulfone groups is 1. The van der Waals surface area contributed by atoms with E-state index in [-0.39, 0.29) is 6.61 Å². The monoisotopic (exact) mass is 281 g/mol. The van der Waals surface area contributed by atoms with Gasteiger partial charge in [0, 0.05) is 0 Å². The van der Waals surface area contributed by atoms with E-state index >= 15 is 0 Å². The molecule has 0 aromatic heterocycles. The lowest BCUT2D eigenvalue weighted by Gasteiger charge is -2.04. The molecule has 1 rings (SSSR count). The third-order valence-electron chi connectivity index (χ3n) is 2.34. The number of hydrogen-bond acceptors (Lipinski definition) is 5. The van der Waals surface area contributed by atoms with Crippen LogP contribution in [0.2, 0.25) is 0 Å². The molecular formula is C13H15NO4S. The molecule has 6 heteroatoms. The van der Waals surface area contributed by atoms with Crippen molar-refractivity contribution in [1.29, 1.82) is 5.26 Å². The van der Waals surface area contributed by atoms with Crippen LogP contribution in [0.1, 0.15) is 12.0 Å². The van der Waals surface area contributed by atoms with Crippen molar-refractivity contribution in [3.8, 4) is 6.07 Å². The van der Waals surface area contributed by atoms with Crippen LogP contribution in [0.15, 0.2) is 30.3 Å². The van der Waals surface area contributed by atoms with Gasteiger partial charge in [-0.25, -0.2) is 8.42 Å². The van der Waals surface area contributed by atoms with Gasteiger partial charge in [-0.1, -0.05) is 30.3 Å². The summed E-state index contributed by atoms with van der Waals surface area (Å²) in [6, 6.07) is 11.2. The minimum atomic E-state index is -3.66. The Balaban J connectivity index is 2.23. The van der Waals surface area contributed by atoms with Crippen molar-refractivity contribution in [3.05, 3.63) is 35.9 Å². The quantitative estimate of drug-likeness (QED) is 0.552. The lowest BCUT2D eigenvalue weighted by molar-refractivity contribution is -0.140. The highest BCUT2D eigenvalue weighted by molar-refractivity contribution is 7.92. The zero-order chi connectivity index (χ0) is 14.1. The SMILES string of the molecule is N#CCS(=O)(=O)CC(=O)OCCCc1ccccc1. The fourth-order valence-corrected chi connectivity index (χ4v) is 2.22. The Morgan fingerprint density at radius 3 is 2.58 bits per heavy atom. The van der Waals surface area contributed by atoms with E-state index in [1.165, 1.54) is 6.07 Å². The van der Waals surface area contributed by atoms with Gasteiger partial charge in [-0.05, 0) is 18.4 Å². The van der Waals surface area contributed by atoms with Crippen LogP contribution in [-0.2, 0) is 25.8 Å². The summed E-state index contributed by atoms with van der Waals surface area (Å²) in [5, 5.41) is 8.27. The molecule has 0 radical (unpaired) electrons. The molecule has 1 aromatic carbocycles. The zero-order valence-electron chi connectivity index (χ0n) is 10.4. The van der Waals surface area contributed by atoms with Crippen molar-refractivity contribution in [2.75, 3.05) is 18.1 Å². The van der Waals surface area contributed by atoms with E-state index in [0.29, 0.717) is 6.42 Å². The summed E-state index contributed by atoms with van der Waals surface area (Å²) >= 11 is 0. The van der Waals surface area contributed by atoms with Crippen molar-refractivity contribution in [2.24, 2.45) is 0 Å². The van der Waals surface area contributed by atoms with Crippen LogP contribution in [-0.4, -0.2) is 32.5 Å². The van der Waals surface area contributed by atoms with Crippen molar-refractivity contribution >= 4 is 15.8 Å². The van der Waals surface area contributed by atoms with Gasteiger partial charge in [0.15, 0.2) is 9.84 Å². The number of ether oxygens (including phenoxy) is 1. The lowest BCUT2D eigenvalue weighted by atomic mass is 10.1. The maximum Gasteiger partial charge on any atom is 0.321 e. The number of hydrogen-bond donors (Lipinski definition) is 0. The first-order valence-electron chi connectivity index (χ1n) is 5.80. The van der Waals surface area contributed by atoms with Crippen molar-refractivity contribution in [2.45, 2.75) is 12.8 Å². The first kappa shape index (κ1) is 15.2. The van der Waals surface area contributed by atoms with Crippen molar-refractivity contribution in [3.63, 3.8) is 0 Å². The summed E-state index contributed by atoms with van der Waals surface area (Å²) in [5.74, 6) is -2.19. The topological polar surface area (TPSA) is 84.2 Å². The first-order chi connectivity index (χ1) is 9.03. The van der Waals surface area contributed by atoms with E-state index < -0.39 is 27.3 Å². The third kappa shape index (κ3) is 6.58. The van der Waals surface area contributed by atoms with Gasteiger partial charge in [-0.3, -0.25) is 4.79 Å². The van der Waals surface area contributed by atoms with Crippen molar-refractivity contribution in [1.82, 2.24) is 0 Å². The molecule has 19 heavy (non-hydrogen) atoms. The van der Waals surface area contributed by atoms with Gasteiger partial charge in [0.2, 0.25) is 0 Å². The molecular weight excluding hydrogens is 266 g/mol. The Hall–Kier alpha value is -1.87.